The third kappa shape index (κ3) is 13.4. The van der Waals surface area contributed by atoms with Crippen molar-refractivity contribution in [1.82, 2.24) is 13.7 Å². The van der Waals surface area contributed by atoms with Crippen molar-refractivity contribution in [3.05, 3.63) is 516 Å². The van der Waals surface area contributed by atoms with E-state index in [0.717, 1.165) is 0 Å². The fourth-order valence-electron chi connectivity index (χ4n) is 21.5. The lowest BCUT2D eigenvalue weighted by Gasteiger charge is -2.18. The van der Waals surface area contributed by atoms with Crippen molar-refractivity contribution in [1.29, 1.82) is 0 Å². The highest BCUT2D eigenvalue weighted by Crippen LogP contribution is 2.50. The van der Waals surface area contributed by atoms with Crippen molar-refractivity contribution >= 4 is 141 Å². The quantitative estimate of drug-likeness (QED) is 0.115. The molecule has 3 aromatic heterocycles. The van der Waals surface area contributed by atoms with Gasteiger partial charge in [0, 0.05) is 49.4 Å². The van der Waals surface area contributed by atoms with E-state index in [1.54, 1.807) is 0 Å². The van der Waals surface area contributed by atoms with Crippen LogP contribution >= 0.6 is 0 Å². The first-order chi connectivity index (χ1) is 66.0. The highest BCUT2D eigenvalue weighted by Gasteiger charge is 2.24. The number of nitrogens with zero attached hydrogens (tertiary/aromatic N) is 3. The van der Waals surface area contributed by atoms with Gasteiger partial charge in [-0.25, -0.2) is 0 Å². The molecule has 3 nitrogen and oxygen atoms in total. The molecule has 0 saturated carbocycles. The third-order valence-corrected chi connectivity index (χ3v) is 27.4. The van der Waals surface area contributed by atoms with Gasteiger partial charge in [-0.3, -0.25) is 0 Å². The van der Waals surface area contributed by atoms with Gasteiger partial charge in [-0.2, -0.15) is 0 Å². The fraction of sp³-hybridized carbons (Fsp3) is 0. The molecule has 620 valence electrons. The lowest BCUT2D eigenvalue weighted by atomic mass is 9.85. The first-order valence-electron chi connectivity index (χ1n) is 45.9. The maximum absolute atomic E-state index is 2.38. The molecule has 133 heavy (non-hydrogen) atoms. The van der Waals surface area contributed by atoms with Crippen LogP contribution in [0.4, 0.5) is 0 Å². The monoisotopic (exact) mass is 1690 g/mol. The van der Waals surface area contributed by atoms with Crippen LogP contribution in [0.25, 0.3) is 247 Å². The van der Waals surface area contributed by atoms with Crippen LogP contribution in [-0.4, -0.2) is 13.7 Å². The van der Waals surface area contributed by atoms with Crippen LogP contribution in [0.3, 0.4) is 0 Å². The standard InChI is InChI=1S/2C44H29N.C42H27N/c1-2-13-30(14-3-1)32-15-12-16-33(29-32)44-39-21-6-4-19-37(39)43(38-20-5-7-22-40(38)44)31-25-27-34(28-26-31)45-41-23-10-8-17-35(41)36-18-9-11-24-42(36)45;1-2-12-30(13-3-1)31-22-24-32(25-23-31)43-37-16-4-6-18-39(37)44(40-19-7-5-17-38(40)43)33-26-28-34(29-27-33)45-41-20-10-8-14-35(41)36-15-9-11-21-42(36)45;1-2-12-30-27-31(22-21-28(30)11-1)42-37-17-5-3-15-35(37)41(36-16-4-6-18-38(36)42)29-23-25-32(26-24-29)43-39-19-9-7-13-33(39)34-14-8-10-20-40(34)43/h2*1-29H;1-27H. The zero-order chi connectivity index (χ0) is 87.8. The Bertz CT molecular complexity index is 8880. The second kappa shape index (κ2) is 33.0. The average molecular weight is 1690 g/mol. The van der Waals surface area contributed by atoms with Gasteiger partial charge in [0.2, 0.25) is 0 Å². The third-order valence-electron chi connectivity index (χ3n) is 27.4. The first-order valence-corrected chi connectivity index (χ1v) is 45.9. The normalized spacial score (nSPS) is 11.6. The molecule has 0 radical (unpaired) electrons. The Kier molecular flexibility index (Phi) is 19.3. The number of para-hydroxylation sites is 6. The molecule has 0 saturated heterocycles. The molecule has 0 N–H and O–H groups in total. The maximum Gasteiger partial charge on any atom is 0.0541 e. The molecule has 0 atom stereocenters. The smallest absolute Gasteiger partial charge is 0.0541 e. The summed E-state index contributed by atoms with van der Waals surface area (Å²) in [6, 6.07) is 188. The van der Waals surface area contributed by atoms with E-state index in [2.05, 4.69) is 529 Å². The van der Waals surface area contributed by atoms with E-state index in [4.69, 9.17) is 0 Å². The fourth-order valence-corrected chi connectivity index (χ4v) is 21.5. The predicted molar refractivity (Wildman–Crippen MR) is 568 cm³/mol. The zero-order valence-corrected chi connectivity index (χ0v) is 72.9. The van der Waals surface area contributed by atoms with Gasteiger partial charge >= 0.3 is 0 Å². The lowest BCUT2D eigenvalue weighted by Crippen LogP contribution is -1.94. The molecule has 27 aromatic rings. The Morgan fingerprint density at radius 1 is 0.0977 bits per heavy atom. The maximum atomic E-state index is 2.38. The molecule has 0 aliphatic rings. The van der Waals surface area contributed by atoms with Crippen molar-refractivity contribution in [2.45, 2.75) is 0 Å². The minimum atomic E-state index is 1.17. The van der Waals surface area contributed by atoms with Gasteiger partial charge < -0.3 is 13.7 Å². The molecule has 27 rings (SSSR count). The molecule has 3 heteroatoms. The van der Waals surface area contributed by atoms with E-state index in [9.17, 15) is 0 Å². The number of rotatable bonds is 11. The minimum Gasteiger partial charge on any atom is -0.309 e. The zero-order valence-electron chi connectivity index (χ0n) is 72.9. The summed E-state index contributed by atoms with van der Waals surface area (Å²) in [5.74, 6) is 0. The Labute approximate surface area is 770 Å². The summed E-state index contributed by atoms with van der Waals surface area (Å²) in [6.07, 6.45) is 0. The summed E-state index contributed by atoms with van der Waals surface area (Å²) >= 11 is 0. The molecule has 0 amide bonds. The molecule has 0 spiro atoms. The van der Waals surface area contributed by atoms with Gasteiger partial charge in [-0.05, 0) is 249 Å². The van der Waals surface area contributed by atoms with Crippen LogP contribution in [0.15, 0.2) is 516 Å². The summed E-state index contributed by atoms with van der Waals surface area (Å²) < 4.78 is 7.15. The number of benzene rings is 24. The highest BCUT2D eigenvalue weighted by molar-refractivity contribution is 6.25. The van der Waals surface area contributed by atoms with Crippen LogP contribution in [0.1, 0.15) is 0 Å². The first kappa shape index (κ1) is 77.8. The van der Waals surface area contributed by atoms with Crippen molar-refractivity contribution in [2.75, 3.05) is 0 Å². The molecule has 3 heterocycles. The van der Waals surface area contributed by atoms with Gasteiger partial charge in [-0.15, -0.1) is 0 Å². The summed E-state index contributed by atoms with van der Waals surface area (Å²) in [5, 5.41) is 25.4. The Hall–Kier alpha value is -17.5. The summed E-state index contributed by atoms with van der Waals surface area (Å²) in [7, 11) is 0. The van der Waals surface area contributed by atoms with Crippen LogP contribution in [-0.2, 0) is 0 Å². The molecule has 0 bridgehead atoms. The SMILES string of the molecule is c1ccc(-c2ccc(-c3c4ccccc4c(-c4ccc(-n5c6ccccc6c6ccccc65)cc4)c4ccccc34)cc2)cc1.c1ccc(-c2cccc(-c3c4ccccc4c(-c4ccc(-n5c6ccccc6c6ccccc65)cc4)c4ccccc34)c2)cc1.c1ccc2cc(-c3c4ccccc4c(-c4ccc(-n5c6ccccc6c6ccccc65)cc4)c4ccccc34)ccc2c1. The average Bonchev–Trinajstić information content (AvgIpc) is 1.64. The van der Waals surface area contributed by atoms with E-state index >= 15 is 0 Å². The van der Waals surface area contributed by atoms with E-state index < -0.39 is 0 Å². The van der Waals surface area contributed by atoms with Gasteiger partial charge in [-0.1, -0.05) is 431 Å². The lowest BCUT2D eigenvalue weighted by molar-refractivity contribution is 1.18. The Balaban J connectivity index is 0.000000107. The summed E-state index contributed by atoms with van der Waals surface area (Å²) in [6.45, 7) is 0. The largest absolute Gasteiger partial charge is 0.309 e. The highest BCUT2D eigenvalue weighted by atomic mass is 15.0. The topological polar surface area (TPSA) is 14.8 Å². The van der Waals surface area contributed by atoms with Crippen molar-refractivity contribution in [3.63, 3.8) is 0 Å². The minimum absolute atomic E-state index is 1.17. The Morgan fingerprint density at radius 3 is 0.564 bits per heavy atom. The van der Waals surface area contributed by atoms with Crippen LogP contribution in [0, 0.1) is 0 Å². The second-order valence-electron chi connectivity index (χ2n) is 34.7. The van der Waals surface area contributed by atoms with Gasteiger partial charge in [0.15, 0.2) is 0 Å². The van der Waals surface area contributed by atoms with Crippen molar-refractivity contribution in [2.24, 2.45) is 0 Å². The molecule has 0 aliphatic carbocycles. The molecular formula is C130H85N3. The number of hydrogen-bond donors (Lipinski definition) is 0. The van der Waals surface area contributed by atoms with Crippen molar-refractivity contribution in [3.8, 4) is 106 Å². The van der Waals surface area contributed by atoms with Crippen molar-refractivity contribution < 1.29 is 0 Å². The van der Waals surface area contributed by atoms with Crippen LogP contribution < -0.4 is 0 Å². The van der Waals surface area contributed by atoms with Gasteiger partial charge in [0.25, 0.3) is 0 Å². The number of aromatic nitrogens is 3. The number of hydrogen-bond acceptors (Lipinski definition) is 0. The molecule has 0 fully saturated rings. The summed E-state index contributed by atoms with van der Waals surface area (Å²) in [5.41, 5.74) is 30.9. The van der Waals surface area contributed by atoms with Crippen LogP contribution in [0.2, 0.25) is 0 Å². The predicted octanol–water partition coefficient (Wildman–Crippen LogP) is 35.8. The molecule has 0 unspecified atom stereocenters. The number of fused-ring (bicyclic) bond motifs is 16. The van der Waals surface area contributed by atoms with Crippen LogP contribution in [0.5, 0.6) is 0 Å². The molecule has 24 aromatic carbocycles. The molecular weight excluding hydrogens is 1600 g/mol. The van der Waals surface area contributed by atoms with E-state index in [1.165, 1.54) is 247 Å². The second-order valence-corrected chi connectivity index (χ2v) is 34.7. The Morgan fingerprint density at radius 2 is 0.278 bits per heavy atom. The van der Waals surface area contributed by atoms with Gasteiger partial charge in [0.05, 0.1) is 33.1 Å². The summed E-state index contributed by atoms with van der Waals surface area (Å²) in [4.78, 5) is 0. The van der Waals surface area contributed by atoms with Gasteiger partial charge in [0.1, 0.15) is 0 Å². The molecule has 0 aliphatic heterocycles. The van der Waals surface area contributed by atoms with E-state index in [-0.39, 0.29) is 0 Å². The van der Waals surface area contributed by atoms with E-state index in [1.807, 2.05) is 0 Å². The van der Waals surface area contributed by atoms with E-state index in [0.29, 0.717) is 0 Å².